The van der Waals surface area contributed by atoms with Crippen LogP contribution in [0, 0.1) is 0 Å². The zero-order valence-electron chi connectivity index (χ0n) is 18.8. The molecule has 0 radical (unpaired) electrons. The molecule has 3 aromatic rings. The van der Waals surface area contributed by atoms with Crippen LogP contribution >= 0.6 is 0 Å². The second kappa shape index (κ2) is 8.65. The van der Waals surface area contributed by atoms with Crippen molar-refractivity contribution in [1.82, 2.24) is 0 Å². The molecule has 3 aromatic carbocycles. The van der Waals surface area contributed by atoms with E-state index in [1.165, 1.54) is 11.3 Å². The molecule has 0 fully saturated rings. The fraction of sp³-hybridized carbons (Fsp3) is 0.333. The van der Waals surface area contributed by atoms with E-state index in [0.717, 1.165) is 47.2 Å². The molecule has 0 amide bonds. The third kappa shape index (κ3) is 3.62. The lowest BCUT2D eigenvalue weighted by Gasteiger charge is -2.30. The molecule has 2 unspecified atom stereocenters. The highest BCUT2D eigenvalue weighted by Crippen LogP contribution is 2.55. The topological polar surface area (TPSA) is 40.2 Å². The first-order valence-corrected chi connectivity index (χ1v) is 11.3. The SMILES string of the molecule is CCN(CC)c1cc(OCc2ccccc2)cc2c1C1COc3cc(OC)ccc3C1O2. The predicted molar refractivity (Wildman–Crippen MR) is 125 cm³/mol. The van der Waals surface area contributed by atoms with Crippen LogP contribution in [0.5, 0.6) is 23.0 Å². The highest BCUT2D eigenvalue weighted by atomic mass is 16.5. The molecule has 0 aliphatic carbocycles. The van der Waals surface area contributed by atoms with Gasteiger partial charge in [-0.15, -0.1) is 0 Å². The Morgan fingerprint density at radius 1 is 0.938 bits per heavy atom. The predicted octanol–water partition coefficient (Wildman–Crippen LogP) is 5.73. The number of hydrogen-bond acceptors (Lipinski definition) is 5. The molecular formula is C27H29NO4. The number of fused-ring (bicyclic) bond motifs is 5. The van der Waals surface area contributed by atoms with E-state index in [2.05, 4.69) is 43.0 Å². The van der Waals surface area contributed by atoms with E-state index in [9.17, 15) is 0 Å². The molecule has 0 spiro atoms. The Morgan fingerprint density at radius 3 is 2.47 bits per heavy atom. The summed E-state index contributed by atoms with van der Waals surface area (Å²) in [6, 6.07) is 20.4. The third-order valence-electron chi connectivity index (χ3n) is 6.38. The van der Waals surface area contributed by atoms with E-state index < -0.39 is 0 Å². The van der Waals surface area contributed by atoms with Crippen LogP contribution in [0.25, 0.3) is 0 Å². The van der Waals surface area contributed by atoms with Gasteiger partial charge >= 0.3 is 0 Å². The highest BCUT2D eigenvalue weighted by molar-refractivity contribution is 5.67. The minimum Gasteiger partial charge on any atom is -0.497 e. The minimum atomic E-state index is -0.0710. The summed E-state index contributed by atoms with van der Waals surface area (Å²) >= 11 is 0. The summed E-state index contributed by atoms with van der Waals surface area (Å²) in [5.41, 5.74) is 4.59. The van der Waals surface area contributed by atoms with Gasteiger partial charge in [-0.05, 0) is 31.5 Å². The molecule has 2 aliphatic heterocycles. The van der Waals surface area contributed by atoms with Gasteiger partial charge in [0, 0.05) is 48.1 Å². The maximum atomic E-state index is 6.56. The molecule has 0 aromatic heterocycles. The molecule has 166 valence electrons. The van der Waals surface area contributed by atoms with E-state index in [1.807, 2.05) is 36.4 Å². The Hall–Kier alpha value is -3.34. The van der Waals surface area contributed by atoms with E-state index in [-0.39, 0.29) is 12.0 Å². The third-order valence-corrected chi connectivity index (χ3v) is 6.38. The average molecular weight is 432 g/mol. The Kier molecular flexibility index (Phi) is 5.56. The van der Waals surface area contributed by atoms with Gasteiger partial charge in [0.05, 0.1) is 19.6 Å². The first kappa shape index (κ1) is 20.6. The normalized spacial score (nSPS) is 18.0. The molecule has 0 saturated heterocycles. The summed E-state index contributed by atoms with van der Waals surface area (Å²) in [6.07, 6.45) is -0.0710. The van der Waals surface area contributed by atoms with Crippen molar-refractivity contribution in [3.63, 3.8) is 0 Å². The van der Waals surface area contributed by atoms with Crippen molar-refractivity contribution in [2.45, 2.75) is 32.5 Å². The Morgan fingerprint density at radius 2 is 1.72 bits per heavy atom. The van der Waals surface area contributed by atoms with Gasteiger partial charge in [0.25, 0.3) is 0 Å². The summed E-state index contributed by atoms with van der Waals surface area (Å²) in [5.74, 6) is 3.48. The second-order valence-electron chi connectivity index (χ2n) is 8.16. The molecule has 2 aliphatic rings. The van der Waals surface area contributed by atoms with Crippen LogP contribution in [0.4, 0.5) is 5.69 Å². The van der Waals surface area contributed by atoms with Crippen molar-refractivity contribution < 1.29 is 18.9 Å². The average Bonchev–Trinajstić information content (AvgIpc) is 3.22. The zero-order chi connectivity index (χ0) is 22.1. The van der Waals surface area contributed by atoms with Gasteiger partial charge in [-0.3, -0.25) is 0 Å². The van der Waals surface area contributed by atoms with Crippen molar-refractivity contribution in [2.24, 2.45) is 0 Å². The molecule has 0 N–H and O–H groups in total. The van der Waals surface area contributed by atoms with Crippen LogP contribution in [0.1, 0.15) is 42.6 Å². The number of rotatable bonds is 7. The first-order valence-electron chi connectivity index (χ1n) is 11.3. The van der Waals surface area contributed by atoms with Gasteiger partial charge in [-0.25, -0.2) is 0 Å². The Bertz CT molecular complexity index is 1090. The fourth-order valence-corrected chi connectivity index (χ4v) is 4.71. The molecule has 5 heteroatoms. The summed E-state index contributed by atoms with van der Waals surface area (Å²) < 4.78 is 24.3. The lowest BCUT2D eigenvalue weighted by atomic mass is 9.88. The standard InChI is InChI=1S/C27H29NO4/c1-4-28(5-2)23-13-20(30-16-18-9-7-6-8-10-18)15-25-26(23)22-17-31-24-14-19(29-3)11-12-21(24)27(22)32-25/h6-15,22,27H,4-5,16-17H2,1-3H3. The summed E-state index contributed by atoms with van der Waals surface area (Å²) in [7, 11) is 1.67. The van der Waals surface area contributed by atoms with Crippen molar-refractivity contribution in [1.29, 1.82) is 0 Å². The Balaban J connectivity index is 1.51. The monoisotopic (exact) mass is 431 g/mol. The lowest BCUT2D eigenvalue weighted by molar-refractivity contribution is 0.139. The molecule has 2 atom stereocenters. The van der Waals surface area contributed by atoms with Crippen molar-refractivity contribution >= 4 is 5.69 Å². The van der Waals surface area contributed by atoms with Crippen LogP contribution < -0.4 is 23.8 Å². The van der Waals surface area contributed by atoms with Gasteiger partial charge < -0.3 is 23.8 Å². The number of hydrogen-bond donors (Lipinski definition) is 0. The molecule has 0 saturated carbocycles. The number of anilines is 1. The summed E-state index contributed by atoms with van der Waals surface area (Å²) in [5, 5.41) is 0. The van der Waals surface area contributed by atoms with Gasteiger partial charge in [0.1, 0.15) is 35.7 Å². The number of ether oxygens (including phenoxy) is 4. The maximum absolute atomic E-state index is 6.56. The molecule has 5 rings (SSSR count). The van der Waals surface area contributed by atoms with Gasteiger partial charge in [-0.2, -0.15) is 0 Å². The van der Waals surface area contributed by atoms with Crippen LogP contribution in [-0.2, 0) is 6.61 Å². The van der Waals surface area contributed by atoms with E-state index in [0.29, 0.717) is 13.2 Å². The lowest BCUT2D eigenvalue weighted by Crippen LogP contribution is -2.26. The first-order chi connectivity index (χ1) is 15.7. The summed E-state index contributed by atoms with van der Waals surface area (Å²) in [6.45, 7) is 7.29. The fourth-order valence-electron chi connectivity index (χ4n) is 4.71. The van der Waals surface area contributed by atoms with E-state index in [4.69, 9.17) is 18.9 Å². The van der Waals surface area contributed by atoms with Crippen molar-refractivity contribution in [2.75, 3.05) is 31.7 Å². The van der Waals surface area contributed by atoms with E-state index >= 15 is 0 Å². The van der Waals surface area contributed by atoms with Crippen molar-refractivity contribution in [3.8, 4) is 23.0 Å². The van der Waals surface area contributed by atoms with Crippen LogP contribution in [-0.4, -0.2) is 26.8 Å². The maximum Gasteiger partial charge on any atom is 0.138 e. The van der Waals surface area contributed by atoms with Crippen molar-refractivity contribution in [3.05, 3.63) is 77.4 Å². The highest BCUT2D eigenvalue weighted by Gasteiger charge is 2.43. The molecule has 32 heavy (non-hydrogen) atoms. The Labute approximate surface area is 189 Å². The zero-order valence-corrected chi connectivity index (χ0v) is 18.8. The number of benzene rings is 3. The summed E-state index contributed by atoms with van der Waals surface area (Å²) in [4.78, 5) is 2.36. The minimum absolute atomic E-state index is 0.0710. The van der Waals surface area contributed by atoms with Gasteiger partial charge in [0.2, 0.25) is 0 Å². The molecule has 5 nitrogen and oxygen atoms in total. The van der Waals surface area contributed by atoms with Gasteiger partial charge in [0.15, 0.2) is 0 Å². The molecule has 2 heterocycles. The largest absolute Gasteiger partial charge is 0.497 e. The van der Waals surface area contributed by atoms with E-state index in [1.54, 1.807) is 7.11 Å². The van der Waals surface area contributed by atoms with Crippen LogP contribution in [0.15, 0.2) is 60.7 Å². The number of methoxy groups -OCH3 is 1. The molecule has 0 bridgehead atoms. The number of nitrogens with zero attached hydrogens (tertiary/aromatic N) is 1. The second-order valence-corrected chi connectivity index (χ2v) is 8.16. The van der Waals surface area contributed by atoms with Crippen LogP contribution in [0.2, 0.25) is 0 Å². The molecular weight excluding hydrogens is 402 g/mol. The van der Waals surface area contributed by atoms with Crippen LogP contribution in [0.3, 0.4) is 0 Å². The quantitative estimate of drug-likeness (QED) is 0.478. The smallest absolute Gasteiger partial charge is 0.138 e. The van der Waals surface area contributed by atoms with Gasteiger partial charge in [-0.1, -0.05) is 30.3 Å².